The number of hydrogen-bond donors (Lipinski definition) is 1. The summed E-state index contributed by atoms with van der Waals surface area (Å²) in [6.45, 7) is 0.949. The zero-order valence-corrected chi connectivity index (χ0v) is 14.4. The Morgan fingerprint density at radius 1 is 1.16 bits per heavy atom. The SMILES string of the molecule is NS(=O)(=O)c1ccc2c(c1)CN(C(=O)CCc1cccc(F)c1)CC2. The molecule has 1 aliphatic heterocycles. The Morgan fingerprint density at radius 2 is 1.96 bits per heavy atom. The number of primary sulfonamides is 1. The molecule has 7 heteroatoms. The van der Waals surface area contributed by atoms with Crippen LogP contribution in [-0.4, -0.2) is 25.8 Å². The zero-order valence-electron chi connectivity index (χ0n) is 13.6. The van der Waals surface area contributed by atoms with E-state index in [-0.39, 0.29) is 23.0 Å². The van der Waals surface area contributed by atoms with Crippen LogP contribution in [0.4, 0.5) is 4.39 Å². The van der Waals surface area contributed by atoms with Crippen LogP contribution < -0.4 is 5.14 Å². The molecule has 0 saturated carbocycles. The predicted molar refractivity (Wildman–Crippen MR) is 91.7 cm³/mol. The van der Waals surface area contributed by atoms with Gasteiger partial charge in [-0.25, -0.2) is 17.9 Å². The van der Waals surface area contributed by atoms with Crippen LogP contribution in [0.2, 0.25) is 0 Å². The monoisotopic (exact) mass is 362 g/mol. The van der Waals surface area contributed by atoms with E-state index in [2.05, 4.69) is 0 Å². The molecular weight excluding hydrogens is 343 g/mol. The molecule has 0 radical (unpaired) electrons. The second-order valence-corrected chi connectivity index (χ2v) is 7.73. The number of fused-ring (bicyclic) bond motifs is 1. The van der Waals surface area contributed by atoms with Crippen molar-refractivity contribution in [1.82, 2.24) is 4.90 Å². The summed E-state index contributed by atoms with van der Waals surface area (Å²) >= 11 is 0. The van der Waals surface area contributed by atoms with Gasteiger partial charge in [-0.3, -0.25) is 4.79 Å². The third-order valence-corrected chi connectivity index (χ3v) is 5.30. The van der Waals surface area contributed by atoms with Crippen molar-refractivity contribution in [2.24, 2.45) is 5.14 Å². The van der Waals surface area contributed by atoms with E-state index < -0.39 is 10.0 Å². The number of carbonyl (C=O) groups excluding carboxylic acids is 1. The van der Waals surface area contributed by atoms with Crippen LogP contribution in [-0.2, 0) is 34.2 Å². The predicted octanol–water partition coefficient (Wildman–Crippen LogP) is 1.99. The van der Waals surface area contributed by atoms with Crippen LogP contribution >= 0.6 is 0 Å². The summed E-state index contributed by atoms with van der Waals surface area (Å²) in [6, 6.07) is 11.0. The maximum atomic E-state index is 13.2. The molecule has 1 heterocycles. The van der Waals surface area contributed by atoms with Gasteiger partial charge in [0.05, 0.1) is 4.90 Å². The van der Waals surface area contributed by atoms with Gasteiger partial charge in [0.2, 0.25) is 15.9 Å². The molecule has 0 atom stereocenters. The average Bonchev–Trinajstić information content (AvgIpc) is 2.58. The number of benzene rings is 2. The van der Waals surface area contributed by atoms with Crippen molar-refractivity contribution in [2.75, 3.05) is 6.54 Å². The van der Waals surface area contributed by atoms with Crippen molar-refractivity contribution < 1.29 is 17.6 Å². The topological polar surface area (TPSA) is 80.5 Å². The Morgan fingerprint density at radius 3 is 2.68 bits per heavy atom. The van der Waals surface area contributed by atoms with Crippen LogP contribution in [0.15, 0.2) is 47.4 Å². The second kappa shape index (κ2) is 6.93. The fourth-order valence-electron chi connectivity index (χ4n) is 3.03. The number of nitrogens with zero attached hydrogens (tertiary/aromatic N) is 1. The van der Waals surface area contributed by atoms with E-state index >= 15 is 0 Å². The van der Waals surface area contributed by atoms with Gasteiger partial charge in [-0.15, -0.1) is 0 Å². The molecule has 25 heavy (non-hydrogen) atoms. The van der Waals surface area contributed by atoms with Crippen LogP contribution in [0, 0.1) is 5.82 Å². The molecule has 0 unspecified atom stereocenters. The Kier molecular flexibility index (Phi) is 4.87. The summed E-state index contributed by atoms with van der Waals surface area (Å²) in [7, 11) is -3.76. The van der Waals surface area contributed by atoms with Gasteiger partial charge in [-0.05, 0) is 53.8 Å². The fourth-order valence-corrected chi connectivity index (χ4v) is 3.59. The second-order valence-electron chi connectivity index (χ2n) is 6.17. The fraction of sp³-hybridized carbons (Fsp3) is 0.278. The summed E-state index contributed by atoms with van der Waals surface area (Å²) < 4.78 is 36.2. The maximum absolute atomic E-state index is 13.2. The first kappa shape index (κ1) is 17.6. The molecule has 5 nitrogen and oxygen atoms in total. The molecule has 0 fully saturated rings. The van der Waals surface area contributed by atoms with Gasteiger partial charge in [-0.1, -0.05) is 18.2 Å². The van der Waals surface area contributed by atoms with Gasteiger partial charge < -0.3 is 4.90 Å². The number of amides is 1. The van der Waals surface area contributed by atoms with Crippen molar-refractivity contribution in [3.63, 3.8) is 0 Å². The van der Waals surface area contributed by atoms with E-state index in [1.165, 1.54) is 24.3 Å². The molecule has 1 aliphatic rings. The summed E-state index contributed by atoms with van der Waals surface area (Å²) in [6.07, 6.45) is 1.43. The first-order chi connectivity index (χ1) is 11.8. The van der Waals surface area contributed by atoms with Crippen molar-refractivity contribution >= 4 is 15.9 Å². The number of carbonyl (C=O) groups is 1. The van der Waals surface area contributed by atoms with Crippen molar-refractivity contribution in [3.05, 3.63) is 65.0 Å². The van der Waals surface area contributed by atoms with Gasteiger partial charge in [0.1, 0.15) is 5.82 Å². The summed E-state index contributed by atoms with van der Waals surface area (Å²) in [5, 5.41) is 5.17. The van der Waals surface area contributed by atoms with Crippen molar-refractivity contribution in [1.29, 1.82) is 0 Å². The average molecular weight is 362 g/mol. The normalized spacial score (nSPS) is 14.2. The molecule has 132 valence electrons. The van der Waals surface area contributed by atoms with Gasteiger partial charge >= 0.3 is 0 Å². The van der Waals surface area contributed by atoms with Crippen molar-refractivity contribution in [2.45, 2.75) is 30.7 Å². The number of rotatable bonds is 4. The smallest absolute Gasteiger partial charge is 0.238 e. The van der Waals surface area contributed by atoms with E-state index in [1.54, 1.807) is 23.1 Å². The highest BCUT2D eigenvalue weighted by atomic mass is 32.2. The Balaban J connectivity index is 1.68. The summed E-state index contributed by atoms with van der Waals surface area (Å²) in [5.41, 5.74) is 2.61. The molecule has 0 aromatic heterocycles. The van der Waals surface area contributed by atoms with Crippen LogP contribution in [0.25, 0.3) is 0 Å². The number of hydrogen-bond acceptors (Lipinski definition) is 3. The van der Waals surface area contributed by atoms with Gasteiger partial charge in [-0.2, -0.15) is 0 Å². The lowest BCUT2D eigenvalue weighted by Crippen LogP contribution is -2.36. The highest BCUT2D eigenvalue weighted by Gasteiger charge is 2.22. The lowest BCUT2D eigenvalue weighted by atomic mass is 9.99. The summed E-state index contributed by atoms with van der Waals surface area (Å²) in [5.74, 6) is -0.344. The maximum Gasteiger partial charge on any atom is 0.238 e. The Labute approximate surface area is 146 Å². The van der Waals surface area contributed by atoms with Gasteiger partial charge in [0.15, 0.2) is 0 Å². The first-order valence-corrected chi connectivity index (χ1v) is 9.54. The molecular formula is C18H19FN2O3S. The molecule has 0 bridgehead atoms. The van der Waals surface area contributed by atoms with E-state index in [9.17, 15) is 17.6 Å². The minimum absolute atomic E-state index is 0.0316. The Hall–Kier alpha value is -2.25. The summed E-state index contributed by atoms with van der Waals surface area (Å²) in [4.78, 5) is 14.2. The number of nitrogens with two attached hydrogens (primary N) is 1. The Bertz CT molecular complexity index is 912. The lowest BCUT2D eigenvalue weighted by Gasteiger charge is -2.29. The third kappa shape index (κ3) is 4.24. The molecule has 2 N–H and O–H groups in total. The molecule has 0 saturated heterocycles. The zero-order chi connectivity index (χ0) is 18.0. The van der Waals surface area contributed by atoms with E-state index in [1.807, 2.05) is 0 Å². The quantitative estimate of drug-likeness (QED) is 0.903. The minimum Gasteiger partial charge on any atom is -0.338 e. The molecule has 0 spiro atoms. The van der Waals surface area contributed by atoms with Crippen LogP contribution in [0.1, 0.15) is 23.1 Å². The van der Waals surface area contributed by atoms with Crippen molar-refractivity contribution in [3.8, 4) is 0 Å². The molecule has 2 aromatic rings. The number of aryl methyl sites for hydroxylation is 1. The van der Waals surface area contributed by atoms with Crippen LogP contribution in [0.5, 0.6) is 0 Å². The first-order valence-electron chi connectivity index (χ1n) is 8.00. The standard InChI is InChI=1S/C18H19FN2O3S/c19-16-3-1-2-13(10-16)4-7-18(22)21-9-8-14-5-6-17(25(20,23)24)11-15(14)12-21/h1-3,5-6,10-11H,4,7-9,12H2,(H2,20,23,24). The van der Waals surface area contributed by atoms with Gasteiger partial charge in [0, 0.05) is 19.5 Å². The number of halogens is 1. The molecule has 0 aliphatic carbocycles. The molecule has 1 amide bonds. The highest BCUT2D eigenvalue weighted by molar-refractivity contribution is 7.89. The van der Waals surface area contributed by atoms with E-state index in [0.29, 0.717) is 25.9 Å². The van der Waals surface area contributed by atoms with E-state index in [0.717, 1.165) is 16.7 Å². The number of sulfonamides is 1. The minimum atomic E-state index is -3.76. The van der Waals surface area contributed by atoms with Gasteiger partial charge in [0.25, 0.3) is 0 Å². The van der Waals surface area contributed by atoms with E-state index in [4.69, 9.17) is 5.14 Å². The lowest BCUT2D eigenvalue weighted by molar-refractivity contribution is -0.132. The highest BCUT2D eigenvalue weighted by Crippen LogP contribution is 2.23. The molecule has 3 rings (SSSR count). The van der Waals surface area contributed by atoms with Crippen LogP contribution in [0.3, 0.4) is 0 Å². The largest absolute Gasteiger partial charge is 0.338 e. The third-order valence-electron chi connectivity index (χ3n) is 4.39. The molecule has 2 aromatic carbocycles.